The maximum absolute atomic E-state index is 12.4. The normalized spacial score (nSPS) is 21.5. The summed E-state index contributed by atoms with van der Waals surface area (Å²) in [5.74, 6) is 0.573. The highest BCUT2D eigenvalue weighted by Crippen LogP contribution is 2.40. The predicted molar refractivity (Wildman–Crippen MR) is 108 cm³/mol. The summed E-state index contributed by atoms with van der Waals surface area (Å²) in [7, 11) is 0. The molecule has 28 heavy (non-hydrogen) atoms. The Morgan fingerprint density at radius 3 is 2.57 bits per heavy atom. The van der Waals surface area contributed by atoms with E-state index in [0.29, 0.717) is 18.0 Å². The van der Waals surface area contributed by atoms with Gasteiger partial charge in [0.25, 0.3) is 0 Å². The molecule has 1 aliphatic rings. The van der Waals surface area contributed by atoms with Crippen molar-refractivity contribution in [3.8, 4) is 11.3 Å². The maximum atomic E-state index is 12.4. The van der Waals surface area contributed by atoms with Gasteiger partial charge in [0.15, 0.2) is 5.78 Å². The van der Waals surface area contributed by atoms with Gasteiger partial charge in [-0.2, -0.15) is 10.1 Å². The van der Waals surface area contributed by atoms with E-state index in [2.05, 4.69) is 10.1 Å². The van der Waals surface area contributed by atoms with Gasteiger partial charge in [0.2, 0.25) is 0 Å². The van der Waals surface area contributed by atoms with Gasteiger partial charge in [-0.1, -0.05) is 44.2 Å². The first kappa shape index (κ1) is 20.4. The van der Waals surface area contributed by atoms with Crippen molar-refractivity contribution in [3.63, 3.8) is 0 Å². The minimum absolute atomic E-state index is 0.00958. The Morgan fingerprint density at radius 1 is 1.29 bits per heavy atom. The van der Waals surface area contributed by atoms with Gasteiger partial charge < -0.3 is 5.11 Å². The summed E-state index contributed by atoms with van der Waals surface area (Å²) in [5, 5.41) is 14.2. The van der Waals surface area contributed by atoms with Crippen LogP contribution in [0.3, 0.4) is 0 Å². The Balaban J connectivity index is 1.66. The summed E-state index contributed by atoms with van der Waals surface area (Å²) >= 11 is 0. The first-order valence-electron chi connectivity index (χ1n) is 10.0. The number of carbonyl (C=O) groups is 1. The summed E-state index contributed by atoms with van der Waals surface area (Å²) in [4.78, 5) is 29.0. The Labute approximate surface area is 165 Å². The largest absolute Gasteiger partial charge is 0.390 e. The molecule has 0 bridgehead atoms. The highest BCUT2D eigenvalue weighted by Gasteiger charge is 2.37. The lowest BCUT2D eigenvalue weighted by molar-refractivity contribution is -0.120. The summed E-state index contributed by atoms with van der Waals surface area (Å²) < 4.78 is 1.19. The fraction of sp³-hybridized carbons (Fsp3) is 0.545. The molecule has 1 aliphatic carbocycles. The minimum Gasteiger partial charge on any atom is -0.390 e. The van der Waals surface area contributed by atoms with Crippen LogP contribution >= 0.6 is 0 Å². The highest BCUT2D eigenvalue weighted by molar-refractivity contribution is 5.78. The van der Waals surface area contributed by atoms with E-state index in [1.165, 1.54) is 4.68 Å². The molecule has 150 valence electrons. The second-order valence-corrected chi connectivity index (χ2v) is 8.51. The molecule has 1 heterocycles. The van der Waals surface area contributed by atoms with Crippen molar-refractivity contribution in [1.29, 1.82) is 0 Å². The van der Waals surface area contributed by atoms with E-state index >= 15 is 0 Å². The standard InChI is InChI=1S/C22H29N3O3/c1-15(2)19-20(17-9-5-4-6-10-17)23-21(27)25(24-19)14-18(26)11-7-8-16-12-22(3,28)13-16/h4-6,9-10,15-16,28H,7-8,11-14H2,1-3H3. The van der Waals surface area contributed by atoms with Crippen LogP contribution in [0.4, 0.5) is 0 Å². The Kier molecular flexibility index (Phi) is 6.08. The molecule has 6 heteroatoms. The molecule has 0 atom stereocenters. The molecule has 2 aromatic rings. The van der Waals surface area contributed by atoms with Crippen LogP contribution in [0.1, 0.15) is 64.5 Å². The number of aromatic nitrogens is 3. The zero-order valence-corrected chi connectivity index (χ0v) is 16.9. The fourth-order valence-electron chi connectivity index (χ4n) is 3.95. The highest BCUT2D eigenvalue weighted by atomic mass is 16.3. The van der Waals surface area contributed by atoms with E-state index in [1.807, 2.05) is 51.1 Å². The second-order valence-electron chi connectivity index (χ2n) is 8.51. The van der Waals surface area contributed by atoms with Gasteiger partial charge in [-0.3, -0.25) is 4.79 Å². The molecule has 0 radical (unpaired) electrons. The molecule has 1 saturated carbocycles. The van der Waals surface area contributed by atoms with Crippen LogP contribution < -0.4 is 5.69 Å². The molecule has 6 nitrogen and oxygen atoms in total. The van der Waals surface area contributed by atoms with Crippen molar-refractivity contribution in [2.24, 2.45) is 5.92 Å². The number of rotatable bonds is 8. The molecular formula is C22H29N3O3. The first-order valence-corrected chi connectivity index (χ1v) is 10.0. The predicted octanol–water partition coefficient (Wildman–Crippen LogP) is 3.33. The summed E-state index contributed by atoms with van der Waals surface area (Å²) in [6.45, 7) is 5.81. The topological polar surface area (TPSA) is 85.1 Å². The van der Waals surface area contributed by atoms with Crippen LogP contribution in [0.5, 0.6) is 0 Å². The number of hydrogen-bond acceptors (Lipinski definition) is 5. The lowest BCUT2D eigenvalue weighted by atomic mass is 9.70. The third-order valence-electron chi connectivity index (χ3n) is 5.34. The fourth-order valence-corrected chi connectivity index (χ4v) is 3.95. The van der Waals surface area contributed by atoms with E-state index in [-0.39, 0.29) is 18.2 Å². The van der Waals surface area contributed by atoms with Gasteiger partial charge in [-0.15, -0.1) is 0 Å². The lowest BCUT2D eigenvalue weighted by Gasteiger charge is -2.41. The minimum atomic E-state index is -0.522. The van der Waals surface area contributed by atoms with E-state index < -0.39 is 11.3 Å². The molecule has 0 aliphatic heterocycles. The molecular weight excluding hydrogens is 354 g/mol. The van der Waals surface area contributed by atoms with Crippen molar-refractivity contribution in [2.75, 3.05) is 0 Å². The average Bonchev–Trinajstić information content (AvgIpc) is 2.62. The molecule has 0 unspecified atom stereocenters. The molecule has 0 amide bonds. The second kappa shape index (κ2) is 8.35. The Hall–Kier alpha value is -2.34. The quantitative estimate of drug-likeness (QED) is 0.756. The molecule has 0 spiro atoms. The molecule has 1 aromatic carbocycles. The Morgan fingerprint density at radius 2 is 1.96 bits per heavy atom. The molecule has 0 saturated heterocycles. The van der Waals surface area contributed by atoms with Gasteiger partial charge in [0.05, 0.1) is 17.0 Å². The van der Waals surface area contributed by atoms with Crippen LogP contribution in [0.15, 0.2) is 35.1 Å². The zero-order valence-electron chi connectivity index (χ0n) is 16.9. The number of nitrogens with zero attached hydrogens (tertiary/aromatic N) is 3. The van der Waals surface area contributed by atoms with Crippen LogP contribution in [-0.2, 0) is 11.3 Å². The van der Waals surface area contributed by atoms with E-state index in [1.54, 1.807) is 0 Å². The summed E-state index contributed by atoms with van der Waals surface area (Å²) in [5.41, 5.74) is 1.14. The Bertz CT molecular complexity index is 880. The number of benzene rings is 1. The summed E-state index contributed by atoms with van der Waals surface area (Å²) in [6, 6.07) is 9.52. The van der Waals surface area contributed by atoms with Crippen molar-refractivity contribution in [3.05, 3.63) is 46.5 Å². The van der Waals surface area contributed by atoms with Gasteiger partial charge in [0.1, 0.15) is 6.54 Å². The van der Waals surface area contributed by atoms with Gasteiger partial charge in [0, 0.05) is 12.0 Å². The third-order valence-corrected chi connectivity index (χ3v) is 5.34. The molecule has 1 fully saturated rings. The van der Waals surface area contributed by atoms with Crippen molar-refractivity contribution in [2.45, 2.75) is 70.9 Å². The van der Waals surface area contributed by atoms with Gasteiger partial charge >= 0.3 is 5.69 Å². The van der Waals surface area contributed by atoms with E-state index in [9.17, 15) is 14.7 Å². The van der Waals surface area contributed by atoms with Crippen LogP contribution in [-0.4, -0.2) is 31.3 Å². The van der Waals surface area contributed by atoms with Gasteiger partial charge in [-0.05, 0) is 44.4 Å². The van der Waals surface area contributed by atoms with Gasteiger partial charge in [-0.25, -0.2) is 9.48 Å². The SMILES string of the molecule is CC(C)c1nn(CC(=O)CCCC2CC(C)(O)C2)c(=O)nc1-c1ccccc1. The number of carbonyl (C=O) groups excluding carboxylic acids is 1. The molecule has 1 aromatic heterocycles. The van der Waals surface area contributed by atoms with Crippen molar-refractivity contribution < 1.29 is 9.90 Å². The van der Waals surface area contributed by atoms with E-state index in [0.717, 1.165) is 36.9 Å². The smallest absolute Gasteiger partial charge is 0.364 e. The zero-order chi connectivity index (χ0) is 20.3. The number of aliphatic hydroxyl groups is 1. The number of ketones is 1. The van der Waals surface area contributed by atoms with E-state index in [4.69, 9.17) is 0 Å². The van der Waals surface area contributed by atoms with Crippen LogP contribution in [0.2, 0.25) is 0 Å². The molecule has 1 N–H and O–H groups in total. The third kappa shape index (κ3) is 4.93. The maximum Gasteiger partial charge on any atom is 0.364 e. The molecule has 3 rings (SSSR count). The number of hydrogen-bond donors (Lipinski definition) is 1. The van der Waals surface area contributed by atoms with Crippen LogP contribution in [0.25, 0.3) is 11.3 Å². The average molecular weight is 383 g/mol. The van der Waals surface area contributed by atoms with Crippen LogP contribution in [0, 0.1) is 5.92 Å². The number of Topliss-reactive ketones (excluding diaryl/α,β-unsaturated/α-hetero) is 1. The monoisotopic (exact) mass is 383 g/mol. The van der Waals surface area contributed by atoms with Crippen molar-refractivity contribution in [1.82, 2.24) is 14.8 Å². The summed E-state index contributed by atoms with van der Waals surface area (Å²) in [6.07, 6.45) is 3.76. The van der Waals surface area contributed by atoms with Crippen molar-refractivity contribution >= 4 is 5.78 Å². The lowest BCUT2D eigenvalue weighted by Crippen LogP contribution is -2.40. The first-order chi connectivity index (χ1) is 13.2.